The molecule has 0 fully saturated rings. The molecule has 0 aromatic heterocycles. The average molecular weight is 1250 g/mol. The molecular formula is C83H157NO5. The first-order valence-corrected chi connectivity index (χ1v) is 40.4. The largest absolute Gasteiger partial charge is 0.466 e. The summed E-state index contributed by atoms with van der Waals surface area (Å²) in [4.78, 5) is 24.7. The molecule has 0 aliphatic carbocycles. The molecule has 1 amide bonds. The minimum absolute atomic E-state index is 0.00122. The second kappa shape index (κ2) is 78.3. The molecule has 2 atom stereocenters. The molecule has 0 aliphatic heterocycles. The van der Waals surface area contributed by atoms with Gasteiger partial charge in [-0.25, -0.2) is 0 Å². The molecule has 89 heavy (non-hydrogen) atoms. The zero-order chi connectivity index (χ0) is 64.2. The van der Waals surface area contributed by atoms with Crippen LogP contribution in [-0.4, -0.2) is 47.4 Å². The van der Waals surface area contributed by atoms with Crippen LogP contribution in [0.25, 0.3) is 0 Å². The Labute approximate surface area is 556 Å². The van der Waals surface area contributed by atoms with Gasteiger partial charge in [0.25, 0.3) is 0 Å². The Morgan fingerprint density at radius 2 is 0.562 bits per heavy atom. The summed E-state index contributed by atoms with van der Waals surface area (Å²) in [5, 5.41) is 23.5. The number of hydrogen-bond donors (Lipinski definition) is 3. The van der Waals surface area contributed by atoms with E-state index in [1.807, 2.05) is 0 Å². The van der Waals surface area contributed by atoms with Crippen LogP contribution in [0.15, 0.2) is 48.6 Å². The number of aliphatic hydroxyl groups is 2. The van der Waals surface area contributed by atoms with Crippen LogP contribution < -0.4 is 5.32 Å². The highest BCUT2D eigenvalue weighted by Gasteiger charge is 2.20. The molecule has 0 bridgehead atoms. The van der Waals surface area contributed by atoms with Gasteiger partial charge >= 0.3 is 5.97 Å². The van der Waals surface area contributed by atoms with Gasteiger partial charge < -0.3 is 20.3 Å². The Hall–Kier alpha value is -2.18. The average Bonchev–Trinajstić information content (AvgIpc) is 3.64. The zero-order valence-corrected chi connectivity index (χ0v) is 60.2. The number of rotatable bonds is 76. The predicted octanol–water partition coefficient (Wildman–Crippen LogP) is 26.8. The second-order valence-corrected chi connectivity index (χ2v) is 27.7. The summed E-state index contributed by atoms with van der Waals surface area (Å²) in [5.41, 5.74) is 0. The van der Waals surface area contributed by atoms with Gasteiger partial charge in [-0.3, -0.25) is 9.59 Å². The molecule has 0 saturated carbocycles. The molecule has 6 heteroatoms. The Bertz CT molecular complexity index is 1490. The summed E-state index contributed by atoms with van der Waals surface area (Å²) in [6.07, 6.45) is 103. The molecule has 0 radical (unpaired) electrons. The number of carbonyl (C=O) groups excluding carboxylic acids is 2. The summed E-state index contributed by atoms with van der Waals surface area (Å²) < 4.78 is 5.49. The topological polar surface area (TPSA) is 95.9 Å². The molecule has 2 unspecified atom stereocenters. The lowest BCUT2D eigenvalue weighted by atomic mass is 10.0. The third kappa shape index (κ3) is 74.7. The lowest BCUT2D eigenvalue weighted by Gasteiger charge is -2.22. The van der Waals surface area contributed by atoms with Crippen molar-refractivity contribution in [1.29, 1.82) is 0 Å². The van der Waals surface area contributed by atoms with E-state index < -0.39 is 12.1 Å². The number of nitrogens with one attached hydrogen (secondary N) is 1. The van der Waals surface area contributed by atoms with E-state index in [1.54, 1.807) is 0 Å². The Balaban J connectivity index is 3.39. The maximum atomic E-state index is 12.6. The highest BCUT2D eigenvalue weighted by molar-refractivity contribution is 5.76. The third-order valence-electron chi connectivity index (χ3n) is 18.9. The Morgan fingerprint density at radius 1 is 0.315 bits per heavy atom. The molecule has 0 aliphatic rings. The van der Waals surface area contributed by atoms with Crippen LogP contribution in [-0.2, 0) is 14.3 Å². The van der Waals surface area contributed by atoms with E-state index in [1.165, 1.54) is 353 Å². The Morgan fingerprint density at radius 3 is 0.865 bits per heavy atom. The van der Waals surface area contributed by atoms with Gasteiger partial charge in [-0.15, -0.1) is 0 Å². The summed E-state index contributed by atoms with van der Waals surface area (Å²) in [5.74, 6) is -0.0269. The van der Waals surface area contributed by atoms with Gasteiger partial charge in [-0.05, 0) is 89.9 Å². The van der Waals surface area contributed by atoms with Crippen LogP contribution in [0, 0.1) is 0 Å². The second-order valence-electron chi connectivity index (χ2n) is 27.7. The number of hydrogen-bond acceptors (Lipinski definition) is 5. The number of esters is 1. The number of carbonyl (C=O) groups is 2. The number of allylic oxidation sites excluding steroid dienone is 8. The monoisotopic (exact) mass is 1250 g/mol. The van der Waals surface area contributed by atoms with Crippen molar-refractivity contribution in [2.24, 2.45) is 0 Å². The van der Waals surface area contributed by atoms with Crippen molar-refractivity contribution in [3.8, 4) is 0 Å². The van der Waals surface area contributed by atoms with E-state index in [2.05, 4.69) is 67.8 Å². The molecule has 6 nitrogen and oxygen atoms in total. The molecule has 0 rings (SSSR count). The van der Waals surface area contributed by atoms with Gasteiger partial charge in [-0.2, -0.15) is 0 Å². The first-order valence-electron chi connectivity index (χ1n) is 40.4. The van der Waals surface area contributed by atoms with Gasteiger partial charge in [0.15, 0.2) is 0 Å². The number of ether oxygens (including phenoxy) is 1. The van der Waals surface area contributed by atoms with Crippen LogP contribution in [0.3, 0.4) is 0 Å². The predicted molar refractivity (Wildman–Crippen MR) is 393 cm³/mol. The first-order chi connectivity index (χ1) is 44.0. The number of unbranched alkanes of at least 4 members (excludes halogenated alkanes) is 57. The van der Waals surface area contributed by atoms with Crippen molar-refractivity contribution in [3.63, 3.8) is 0 Å². The van der Waals surface area contributed by atoms with E-state index in [4.69, 9.17) is 4.74 Å². The van der Waals surface area contributed by atoms with E-state index in [-0.39, 0.29) is 18.5 Å². The van der Waals surface area contributed by atoms with E-state index in [0.29, 0.717) is 25.9 Å². The van der Waals surface area contributed by atoms with Crippen molar-refractivity contribution in [2.45, 2.75) is 456 Å². The minimum Gasteiger partial charge on any atom is -0.466 e. The fourth-order valence-corrected chi connectivity index (χ4v) is 12.7. The quantitative estimate of drug-likeness (QED) is 0.0320. The smallest absolute Gasteiger partial charge is 0.305 e. The standard InChI is InChI=1S/C83H157NO5/c1-3-5-7-9-11-13-15-17-19-21-22-23-35-38-41-44-47-51-55-59-63-67-71-75-81(86)80(79-85)84-82(87)76-72-68-64-60-56-52-48-45-42-39-36-33-31-29-27-25-24-26-28-30-32-34-37-40-43-46-50-54-58-62-66-70-74-78-89-83(88)77-73-69-65-61-57-53-49-20-18-16-14-12-10-8-6-4-2/h14,16,20,28,30,34,37,49,80-81,85-86H,3-13,15,17-19,21-27,29,31-33,35-36,38-48,50-79H2,1-2H3,(H,84,87)/b16-14-,30-28-,37-34-,49-20-. The van der Waals surface area contributed by atoms with Gasteiger partial charge in [0.2, 0.25) is 5.91 Å². The summed E-state index contributed by atoms with van der Waals surface area (Å²) in [6, 6.07) is -0.542. The van der Waals surface area contributed by atoms with Crippen molar-refractivity contribution >= 4 is 11.9 Å². The van der Waals surface area contributed by atoms with Crippen molar-refractivity contribution < 1.29 is 24.5 Å². The molecule has 0 spiro atoms. The maximum Gasteiger partial charge on any atom is 0.305 e. The van der Waals surface area contributed by atoms with Gasteiger partial charge in [0.1, 0.15) is 0 Å². The molecule has 0 aromatic rings. The van der Waals surface area contributed by atoms with Crippen LogP contribution in [0.2, 0.25) is 0 Å². The van der Waals surface area contributed by atoms with Gasteiger partial charge in [0.05, 0.1) is 25.4 Å². The van der Waals surface area contributed by atoms with Gasteiger partial charge in [0, 0.05) is 12.8 Å². The third-order valence-corrected chi connectivity index (χ3v) is 18.9. The fourth-order valence-electron chi connectivity index (χ4n) is 12.7. The minimum atomic E-state index is -0.665. The van der Waals surface area contributed by atoms with Crippen LogP contribution in [0.4, 0.5) is 0 Å². The van der Waals surface area contributed by atoms with Crippen molar-refractivity contribution in [3.05, 3.63) is 48.6 Å². The fraction of sp³-hybridized carbons (Fsp3) is 0.880. The van der Waals surface area contributed by atoms with Crippen molar-refractivity contribution in [2.75, 3.05) is 13.2 Å². The highest BCUT2D eigenvalue weighted by Crippen LogP contribution is 2.20. The normalized spacial score (nSPS) is 12.7. The van der Waals surface area contributed by atoms with Crippen molar-refractivity contribution in [1.82, 2.24) is 5.32 Å². The SMILES string of the molecule is CCCCCC/C=C\C/C=C\CCCCCCCC(=O)OCCCCCCCCCCC/C=C\C/C=C\CCCCCCCCCCCCCCCCCCCC(=O)NC(CO)C(O)CCCCCCCCCCCCCCCCCCCCCCCCC. The van der Waals surface area contributed by atoms with Crippen LogP contribution in [0.1, 0.15) is 444 Å². The summed E-state index contributed by atoms with van der Waals surface area (Å²) in [6.45, 7) is 4.97. The molecule has 0 aromatic carbocycles. The molecule has 0 heterocycles. The Kier molecular flexibility index (Phi) is 76.3. The maximum absolute atomic E-state index is 12.6. The number of aliphatic hydroxyl groups excluding tert-OH is 2. The molecule has 0 saturated heterocycles. The number of amides is 1. The van der Waals surface area contributed by atoms with E-state index in [9.17, 15) is 19.8 Å². The van der Waals surface area contributed by atoms with Crippen LogP contribution >= 0.6 is 0 Å². The lowest BCUT2D eigenvalue weighted by molar-refractivity contribution is -0.143. The lowest BCUT2D eigenvalue weighted by Crippen LogP contribution is -2.45. The molecule has 524 valence electrons. The van der Waals surface area contributed by atoms with Crippen LogP contribution in [0.5, 0.6) is 0 Å². The zero-order valence-electron chi connectivity index (χ0n) is 60.2. The van der Waals surface area contributed by atoms with Gasteiger partial charge in [-0.1, -0.05) is 390 Å². The summed E-state index contributed by atoms with van der Waals surface area (Å²) in [7, 11) is 0. The van der Waals surface area contributed by atoms with E-state index >= 15 is 0 Å². The molecular weight excluding hydrogens is 1090 g/mol. The first kappa shape index (κ1) is 86.8. The highest BCUT2D eigenvalue weighted by atomic mass is 16.5. The molecule has 3 N–H and O–H groups in total. The van der Waals surface area contributed by atoms with E-state index in [0.717, 1.165) is 57.8 Å². The summed E-state index contributed by atoms with van der Waals surface area (Å²) >= 11 is 0.